The Labute approximate surface area is 160 Å². The predicted molar refractivity (Wildman–Crippen MR) is 104 cm³/mol. The summed E-state index contributed by atoms with van der Waals surface area (Å²) in [6.07, 6.45) is 3.64. The monoisotopic (exact) mass is 368 g/mol. The third-order valence-electron chi connectivity index (χ3n) is 5.45. The van der Waals surface area contributed by atoms with Crippen LogP contribution in [0.25, 0.3) is 0 Å². The molecule has 1 fully saturated rings. The van der Waals surface area contributed by atoms with Crippen LogP contribution in [-0.4, -0.2) is 47.3 Å². The number of rotatable bonds is 7. The van der Waals surface area contributed by atoms with Crippen LogP contribution in [0, 0.1) is 5.92 Å². The zero-order chi connectivity index (χ0) is 18.8. The summed E-state index contributed by atoms with van der Waals surface area (Å²) in [5.74, 6) is 1.63. The largest absolute Gasteiger partial charge is 0.497 e. The lowest BCUT2D eigenvalue weighted by molar-refractivity contribution is 0.0947. The highest BCUT2D eigenvalue weighted by Crippen LogP contribution is 2.32. The average molecular weight is 368 g/mol. The lowest BCUT2D eigenvalue weighted by Crippen LogP contribution is -2.34. The van der Waals surface area contributed by atoms with Crippen molar-refractivity contribution in [2.75, 3.05) is 26.7 Å². The molecule has 1 aromatic carbocycles. The van der Waals surface area contributed by atoms with Crippen LogP contribution in [0.3, 0.4) is 0 Å². The van der Waals surface area contributed by atoms with Crippen molar-refractivity contribution in [1.29, 1.82) is 0 Å². The van der Waals surface area contributed by atoms with Gasteiger partial charge in [0.15, 0.2) is 5.69 Å². The molecule has 0 bridgehead atoms. The molecule has 1 aliphatic heterocycles. The van der Waals surface area contributed by atoms with Crippen LogP contribution in [0.5, 0.6) is 5.75 Å². The van der Waals surface area contributed by atoms with Gasteiger partial charge in [0.05, 0.1) is 13.7 Å². The smallest absolute Gasteiger partial charge is 0.272 e. The van der Waals surface area contributed by atoms with Crippen molar-refractivity contribution in [3.63, 3.8) is 0 Å². The second kappa shape index (κ2) is 7.72. The van der Waals surface area contributed by atoms with Gasteiger partial charge in [0, 0.05) is 43.9 Å². The highest BCUT2D eigenvalue weighted by molar-refractivity contribution is 5.94. The second-order valence-corrected chi connectivity index (χ2v) is 7.57. The van der Waals surface area contributed by atoms with E-state index in [9.17, 15) is 4.79 Å². The summed E-state index contributed by atoms with van der Waals surface area (Å²) in [4.78, 5) is 15.1. The maximum atomic E-state index is 12.6. The Morgan fingerprint density at radius 1 is 1.37 bits per heavy atom. The van der Waals surface area contributed by atoms with Crippen LogP contribution >= 0.6 is 0 Å². The Morgan fingerprint density at radius 2 is 2.22 bits per heavy atom. The Balaban J connectivity index is 1.62. The number of nitrogens with zero attached hydrogens (tertiary/aromatic N) is 3. The number of carbonyl (C=O) groups is 1. The van der Waals surface area contributed by atoms with Crippen LogP contribution < -0.4 is 10.1 Å². The van der Waals surface area contributed by atoms with Crippen molar-refractivity contribution in [2.45, 2.75) is 39.3 Å². The number of fused-ring (bicyclic) bond motifs is 1. The van der Waals surface area contributed by atoms with Crippen molar-refractivity contribution >= 4 is 5.91 Å². The Bertz CT molecular complexity index is 826. The quantitative estimate of drug-likeness (QED) is 0.816. The minimum Gasteiger partial charge on any atom is -0.497 e. The van der Waals surface area contributed by atoms with Gasteiger partial charge in [0.1, 0.15) is 5.75 Å². The number of hydrogen-bond acceptors (Lipinski definition) is 4. The number of hydrogen-bond donors (Lipinski definition) is 1. The van der Waals surface area contributed by atoms with Gasteiger partial charge in [0.25, 0.3) is 5.91 Å². The van der Waals surface area contributed by atoms with E-state index in [1.54, 1.807) is 7.11 Å². The number of amides is 1. The molecule has 1 aromatic heterocycles. The number of carbonyl (C=O) groups excluding carboxylic acids is 1. The molecule has 0 unspecified atom stereocenters. The molecule has 0 atom stereocenters. The summed E-state index contributed by atoms with van der Waals surface area (Å²) >= 11 is 0. The molecule has 6 heteroatoms. The van der Waals surface area contributed by atoms with E-state index in [1.165, 1.54) is 18.5 Å². The summed E-state index contributed by atoms with van der Waals surface area (Å²) < 4.78 is 7.35. The maximum Gasteiger partial charge on any atom is 0.272 e. The highest BCUT2D eigenvalue weighted by atomic mass is 16.5. The van der Waals surface area contributed by atoms with Gasteiger partial charge >= 0.3 is 0 Å². The Hall–Kier alpha value is -2.34. The van der Waals surface area contributed by atoms with Crippen molar-refractivity contribution in [1.82, 2.24) is 20.0 Å². The lowest BCUT2D eigenvalue weighted by atomic mass is 10.0. The van der Waals surface area contributed by atoms with E-state index < -0.39 is 0 Å². The van der Waals surface area contributed by atoms with Crippen molar-refractivity contribution in [3.8, 4) is 5.75 Å². The molecule has 0 spiro atoms. The number of benzene rings is 1. The number of methoxy groups -OCH3 is 1. The second-order valence-electron chi connectivity index (χ2n) is 7.57. The summed E-state index contributed by atoms with van der Waals surface area (Å²) in [6.45, 7) is 6.23. The fraction of sp³-hybridized carbons (Fsp3) is 0.524. The van der Waals surface area contributed by atoms with E-state index in [4.69, 9.17) is 9.84 Å². The van der Waals surface area contributed by atoms with Gasteiger partial charge in [-0.3, -0.25) is 14.4 Å². The van der Waals surface area contributed by atoms with Crippen LogP contribution in [0.4, 0.5) is 0 Å². The van der Waals surface area contributed by atoms with Crippen molar-refractivity contribution in [2.24, 2.45) is 5.92 Å². The van der Waals surface area contributed by atoms with Crippen molar-refractivity contribution < 1.29 is 9.53 Å². The summed E-state index contributed by atoms with van der Waals surface area (Å²) in [6, 6.07) is 8.04. The number of aromatic nitrogens is 2. The molecule has 0 saturated heterocycles. The first kappa shape index (κ1) is 18.0. The molecule has 6 nitrogen and oxygen atoms in total. The van der Waals surface area contributed by atoms with E-state index in [2.05, 4.69) is 16.3 Å². The highest BCUT2D eigenvalue weighted by Gasteiger charge is 2.31. The molecule has 4 rings (SSSR count). The summed E-state index contributed by atoms with van der Waals surface area (Å²) in [5, 5.41) is 7.65. The molecule has 1 N–H and O–H groups in total. The average Bonchev–Trinajstić information content (AvgIpc) is 3.42. The molecular formula is C21H28N4O2. The zero-order valence-electron chi connectivity index (χ0n) is 16.2. The summed E-state index contributed by atoms with van der Waals surface area (Å²) in [5.41, 5.74) is 4.03. The fourth-order valence-electron chi connectivity index (χ4n) is 3.87. The van der Waals surface area contributed by atoms with Crippen LogP contribution in [0.2, 0.25) is 0 Å². The minimum absolute atomic E-state index is 0.0635. The number of ether oxygens (including phenoxy) is 1. The van der Waals surface area contributed by atoms with Crippen molar-refractivity contribution in [3.05, 3.63) is 46.8 Å². The topological polar surface area (TPSA) is 59.4 Å². The molecule has 0 radical (unpaired) electrons. The Morgan fingerprint density at radius 3 is 2.96 bits per heavy atom. The molecule has 27 heavy (non-hydrogen) atoms. The van der Waals surface area contributed by atoms with E-state index >= 15 is 0 Å². The van der Waals surface area contributed by atoms with E-state index in [0.29, 0.717) is 18.8 Å². The molecule has 2 heterocycles. The van der Waals surface area contributed by atoms with E-state index in [0.717, 1.165) is 48.8 Å². The van der Waals surface area contributed by atoms with Gasteiger partial charge < -0.3 is 10.1 Å². The van der Waals surface area contributed by atoms with E-state index in [-0.39, 0.29) is 5.91 Å². The third kappa shape index (κ3) is 4.00. The van der Waals surface area contributed by atoms with Gasteiger partial charge in [-0.1, -0.05) is 12.1 Å². The minimum atomic E-state index is -0.0635. The van der Waals surface area contributed by atoms with Crippen LogP contribution in [-0.2, 0) is 19.5 Å². The molecule has 1 amide bonds. The normalized spacial score (nSPS) is 16.8. The molecule has 2 aliphatic rings. The lowest BCUT2D eigenvalue weighted by Gasteiger charge is -2.27. The summed E-state index contributed by atoms with van der Waals surface area (Å²) in [7, 11) is 1.68. The van der Waals surface area contributed by atoms with E-state index in [1.807, 2.05) is 29.8 Å². The van der Waals surface area contributed by atoms with Gasteiger partial charge in [0.2, 0.25) is 0 Å². The first-order chi connectivity index (χ1) is 13.2. The number of nitrogens with one attached hydrogen (secondary N) is 1. The maximum absolute atomic E-state index is 12.6. The van der Waals surface area contributed by atoms with Crippen LogP contribution in [0.1, 0.15) is 47.1 Å². The van der Waals surface area contributed by atoms with Gasteiger partial charge in [-0.25, -0.2) is 0 Å². The fourth-order valence-corrected chi connectivity index (χ4v) is 3.87. The SMILES string of the molecule is CCNC(=O)c1nn(Cc2cccc(OC)c2)c2c1CN(CC1CC1)CC2. The van der Waals surface area contributed by atoms with Crippen LogP contribution in [0.15, 0.2) is 24.3 Å². The first-order valence-corrected chi connectivity index (χ1v) is 9.90. The first-order valence-electron chi connectivity index (χ1n) is 9.90. The molecule has 2 aromatic rings. The Kier molecular flexibility index (Phi) is 5.16. The standard InChI is InChI=1S/C21H28N4O2/c1-3-22-21(26)20-18-14-24(12-15-7-8-15)10-9-19(18)25(23-20)13-16-5-4-6-17(11-16)27-2/h4-6,11,15H,3,7-10,12-14H2,1-2H3,(H,22,26). The molecule has 144 valence electrons. The van der Waals surface area contributed by atoms with Gasteiger partial charge in [-0.15, -0.1) is 0 Å². The molecule has 1 aliphatic carbocycles. The molecular weight excluding hydrogens is 340 g/mol. The zero-order valence-corrected chi connectivity index (χ0v) is 16.2. The predicted octanol–water partition coefficient (Wildman–Crippen LogP) is 2.46. The molecule has 1 saturated carbocycles. The van der Waals surface area contributed by atoms with Gasteiger partial charge in [-0.05, 0) is 43.4 Å². The third-order valence-corrected chi connectivity index (χ3v) is 5.45. The van der Waals surface area contributed by atoms with Gasteiger partial charge in [-0.2, -0.15) is 5.10 Å².